The van der Waals surface area contributed by atoms with Crippen LogP contribution in [0.3, 0.4) is 0 Å². The fourth-order valence-electron chi connectivity index (χ4n) is 3.51. The van der Waals surface area contributed by atoms with Gasteiger partial charge < -0.3 is 4.90 Å². The predicted molar refractivity (Wildman–Crippen MR) is 89.2 cm³/mol. The summed E-state index contributed by atoms with van der Waals surface area (Å²) in [6.45, 7) is 2.06. The Hall–Kier alpha value is -2.35. The van der Waals surface area contributed by atoms with Gasteiger partial charge in [-0.15, -0.1) is 0 Å². The molecular formula is C20H19NO. The molecule has 0 spiro atoms. The van der Waals surface area contributed by atoms with Gasteiger partial charge in [0.25, 0.3) is 0 Å². The van der Waals surface area contributed by atoms with Crippen LogP contribution >= 0.6 is 0 Å². The Balaban J connectivity index is 1.69. The number of rotatable bonds is 2. The van der Waals surface area contributed by atoms with Crippen molar-refractivity contribution in [3.63, 3.8) is 0 Å². The van der Waals surface area contributed by atoms with E-state index in [9.17, 15) is 4.79 Å². The molecule has 3 aliphatic rings. The molecule has 3 fully saturated rings. The maximum Gasteiger partial charge on any atom is 0.182 e. The summed E-state index contributed by atoms with van der Waals surface area (Å²) < 4.78 is 0. The van der Waals surface area contributed by atoms with Crippen molar-refractivity contribution in [2.75, 3.05) is 13.1 Å². The molecular weight excluding hydrogens is 270 g/mol. The number of carbonyl (C=O) groups excluding carboxylic acids is 1. The standard InChI is InChI=1S/C20H19NO/c22-20-17-9-11-21(12-10-17)19(20)14-15-5-4-8-18(13-15)16-6-2-1-3-7-16/h1-8,13-14,17H,9-12H2. The van der Waals surface area contributed by atoms with Crippen molar-refractivity contribution in [3.05, 3.63) is 65.9 Å². The Labute approximate surface area is 131 Å². The Kier molecular flexibility index (Phi) is 3.30. The lowest BCUT2D eigenvalue weighted by molar-refractivity contribution is -0.125. The molecule has 2 bridgehead atoms. The first-order valence-corrected chi connectivity index (χ1v) is 7.97. The second-order valence-corrected chi connectivity index (χ2v) is 6.15. The normalized spacial score (nSPS) is 19.9. The molecule has 0 atom stereocenters. The number of hydrogen-bond donors (Lipinski definition) is 0. The van der Waals surface area contributed by atoms with Gasteiger partial charge in [-0.3, -0.25) is 4.79 Å². The number of allylic oxidation sites excluding steroid dienone is 1. The van der Waals surface area contributed by atoms with Crippen molar-refractivity contribution in [2.24, 2.45) is 5.92 Å². The van der Waals surface area contributed by atoms with Gasteiger partial charge in [0.2, 0.25) is 0 Å². The molecule has 3 saturated heterocycles. The molecule has 0 aliphatic carbocycles. The first kappa shape index (κ1) is 13.3. The predicted octanol–water partition coefficient (Wildman–Crippen LogP) is 3.99. The van der Waals surface area contributed by atoms with E-state index in [0.717, 1.165) is 37.2 Å². The Morgan fingerprint density at radius 1 is 0.909 bits per heavy atom. The van der Waals surface area contributed by atoms with E-state index in [1.165, 1.54) is 11.1 Å². The zero-order chi connectivity index (χ0) is 14.9. The molecule has 0 unspecified atom stereocenters. The Morgan fingerprint density at radius 3 is 2.36 bits per heavy atom. The monoisotopic (exact) mass is 289 g/mol. The Morgan fingerprint density at radius 2 is 1.64 bits per heavy atom. The third kappa shape index (κ3) is 2.35. The smallest absolute Gasteiger partial charge is 0.182 e. The van der Waals surface area contributed by atoms with Crippen molar-refractivity contribution in [1.82, 2.24) is 4.90 Å². The molecule has 0 aromatic heterocycles. The van der Waals surface area contributed by atoms with Crippen LogP contribution in [0.15, 0.2) is 60.3 Å². The second kappa shape index (κ2) is 5.45. The fourth-order valence-corrected chi connectivity index (χ4v) is 3.51. The molecule has 5 rings (SSSR count). The summed E-state index contributed by atoms with van der Waals surface area (Å²) in [4.78, 5) is 14.7. The first-order chi connectivity index (χ1) is 10.8. The van der Waals surface area contributed by atoms with Crippen LogP contribution in [0, 0.1) is 5.92 Å². The lowest BCUT2D eigenvalue weighted by atomic mass is 9.84. The van der Waals surface area contributed by atoms with Crippen LogP contribution in [0.25, 0.3) is 17.2 Å². The molecule has 3 heterocycles. The van der Waals surface area contributed by atoms with E-state index >= 15 is 0 Å². The highest BCUT2D eigenvalue weighted by atomic mass is 16.1. The van der Waals surface area contributed by atoms with Crippen LogP contribution in [0.1, 0.15) is 18.4 Å². The summed E-state index contributed by atoms with van der Waals surface area (Å²) in [6.07, 6.45) is 4.13. The van der Waals surface area contributed by atoms with Crippen LogP contribution in [0.2, 0.25) is 0 Å². The van der Waals surface area contributed by atoms with Gasteiger partial charge in [-0.25, -0.2) is 0 Å². The van der Waals surface area contributed by atoms with E-state index in [0.29, 0.717) is 5.78 Å². The minimum absolute atomic E-state index is 0.258. The van der Waals surface area contributed by atoms with Crippen LogP contribution in [0.4, 0.5) is 0 Å². The molecule has 0 N–H and O–H groups in total. The first-order valence-electron chi connectivity index (χ1n) is 7.97. The number of ketones is 1. The molecule has 110 valence electrons. The zero-order valence-corrected chi connectivity index (χ0v) is 12.5. The van der Waals surface area contributed by atoms with Gasteiger partial charge in [0, 0.05) is 19.0 Å². The molecule has 3 aliphatic heterocycles. The SMILES string of the molecule is O=C1C(=Cc2cccc(-c3ccccc3)c2)N2CCC1CC2. The minimum Gasteiger partial charge on any atom is -0.369 e. The third-order valence-corrected chi connectivity index (χ3v) is 4.76. The van der Waals surface area contributed by atoms with Gasteiger partial charge in [0.15, 0.2) is 5.78 Å². The number of hydrogen-bond acceptors (Lipinski definition) is 2. The number of benzene rings is 2. The van der Waals surface area contributed by atoms with E-state index < -0.39 is 0 Å². The summed E-state index contributed by atoms with van der Waals surface area (Å²) in [7, 11) is 0. The minimum atomic E-state index is 0.258. The van der Waals surface area contributed by atoms with Crippen molar-refractivity contribution < 1.29 is 4.79 Å². The molecule has 2 heteroatoms. The van der Waals surface area contributed by atoms with Crippen molar-refractivity contribution in [1.29, 1.82) is 0 Å². The molecule has 0 radical (unpaired) electrons. The van der Waals surface area contributed by atoms with Gasteiger partial charge in [0.1, 0.15) is 0 Å². The third-order valence-electron chi connectivity index (χ3n) is 4.76. The van der Waals surface area contributed by atoms with Gasteiger partial charge in [-0.2, -0.15) is 0 Å². The maximum absolute atomic E-state index is 12.4. The molecule has 0 amide bonds. The van der Waals surface area contributed by atoms with Crippen LogP contribution in [0.5, 0.6) is 0 Å². The van der Waals surface area contributed by atoms with Crippen LogP contribution in [-0.4, -0.2) is 23.8 Å². The van der Waals surface area contributed by atoms with E-state index in [-0.39, 0.29) is 5.92 Å². The lowest BCUT2D eigenvalue weighted by Crippen LogP contribution is -2.45. The zero-order valence-electron chi connectivity index (χ0n) is 12.5. The summed E-state index contributed by atoms with van der Waals surface area (Å²) in [6, 6.07) is 18.8. The van der Waals surface area contributed by atoms with E-state index in [1.54, 1.807) is 0 Å². The average molecular weight is 289 g/mol. The molecule has 2 nitrogen and oxygen atoms in total. The largest absolute Gasteiger partial charge is 0.369 e. The number of Topliss-reactive ketones (excluding diaryl/α,β-unsaturated/α-hetero) is 1. The summed E-state index contributed by atoms with van der Waals surface area (Å²) >= 11 is 0. The van der Waals surface area contributed by atoms with Crippen molar-refractivity contribution in [3.8, 4) is 11.1 Å². The van der Waals surface area contributed by atoms with Crippen LogP contribution < -0.4 is 0 Å². The number of fused-ring (bicyclic) bond motifs is 3. The summed E-state index contributed by atoms with van der Waals surface area (Å²) in [5.74, 6) is 0.594. The topological polar surface area (TPSA) is 20.3 Å². The van der Waals surface area contributed by atoms with Crippen LogP contribution in [-0.2, 0) is 4.79 Å². The van der Waals surface area contributed by atoms with Gasteiger partial charge >= 0.3 is 0 Å². The van der Waals surface area contributed by atoms with Gasteiger partial charge in [-0.05, 0) is 41.7 Å². The summed E-state index contributed by atoms with van der Waals surface area (Å²) in [5, 5.41) is 0. The van der Waals surface area contributed by atoms with E-state index in [1.807, 2.05) is 6.07 Å². The number of nitrogens with zero attached hydrogens (tertiary/aromatic N) is 1. The second-order valence-electron chi connectivity index (χ2n) is 6.15. The molecule has 0 saturated carbocycles. The Bertz CT molecular complexity index is 724. The number of piperidine rings is 3. The highest BCUT2D eigenvalue weighted by molar-refractivity contribution is 6.02. The highest BCUT2D eigenvalue weighted by Crippen LogP contribution is 2.32. The van der Waals surface area contributed by atoms with Crippen molar-refractivity contribution >= 4 is 11.9 Å². The highest BCUT2D eigenvalue weighted by Gasteiger charge is 2.36. The maximum atomic E-state index is 12.4. The quantitative estimate of drug-likeness (QED) is 0.779. The van der Waals surface area contributed by atoms with Gasteiger partial charge in [-0.1, -0.05) is 48.5 Å². The van der Waals surface area contributed by atoms with Crippen molar-refractivity contribution in [2.45, 2.75) is 12.8 Å². The average Bonchev–Trinajstić information content (AvgIpc) is 2.60. The summed E-state index contributed by atoms with van der Waals surface area (Å²) in [5.41, 5.74) is 4.42. The number of carbonyl (C=O) groups is 1. The fraction of sp³-hybridized carbons (Fsp3) is 0.250. The van der Waals surface area contributed by atoms with Gasteiger partial charge in [0.05, 0.1) is 5.70 Å². The van der Waals surface area contributed by atoms with E-state index in [2.05, 4.69) is 59.5 Å². The lowest BCUT2D eigenvalue weighted by Gasteiger charge is -2.41. The molecule has 2 aromatic rings. The van der Waals surface area contributed by atoms with E-state index in [4.69, 9.17) is 0 Å². The molecule has 22 heavy (non-hydrogen) atoms. The molecule has 2 aromatic carbocycles.